The summed E-state index contributed by atoms with van der Waals surface area (Å²) in [5, 5.41) is 12.1. The molecule has 0 unspecified atom stereocenters. The number of benzene rings is 2. The molecule has 0 fully saturated rings. The summed E-state index contributed by atoms with van der Waals surface area (Å²) in [6.07, 6.45) is 0. The molecule has 1 N–H and O–H groups in total. The van der Waals surface area contributed by atoms with Crippen molar-refractivity contribution in [3.63, 3.8) is 0 Å². The van der Waals surface area contributed by atoms with Crippen molar-refractivity contribution in [3.05, 3.63) is 52.0 Å². The fraction of sp³-hybridized carbons (Fsp3) is 0.125. The number of hydrogen-bond donors (Lipinski definition) is 1. The fourth-order valence-corrected chi connectivity index (χ4v) is 2.13. The largest absolute Gasteiger partial charge is 0.493 e. The molecule has 0 aliphatic rings. The van der Waals surface area contributed by atoms with Crippen molar-refractivity contribution in [1.82, 2.24) is 0 Å². The van der Waals surface area contributed by atoms with E-state index in [1.165, 1.54) is 13.2 Å². The molecule has 0 aromatic heterocycles. The van der Waals surface area contributed by atoms with E-state index in [-0.39, 0.29) is 11.6 Å². The highest BCUT2D eigenvalue weighted by atomic mass is 35.5. The first-order valence-corrected chi connectivity index (χ1v) is 7.25. The average molecular weight is 351 g/mol. The van der Waals surface area contributed by atoms with Crippen LogP contribution in [0, 0.1) is 11.3 Å². The fourth-order valence-electron chi connectivity index (χ4n) is 1.79. The molecule has 0 spiro atoms. The predicted molar refractivity (Wildman–Crippen MR) is 88.3 cm³/mol. The van der Waals surface area contributed by atoms with Crippen LogP contribution in [-0.4, -0.2) is 19.6 Å². The van der Waals surface area contributed by atoms with Gasteiger partial charge < -0.3 is 14.8 Å². The van der Waals surface area contributed by atoms with Crippen LogP contribution in [0.25, 0.3) is 0 Å². The van der Waals surface area contributed by atoms with Crippen LogP contribution in [0.4, 0.5) is 5.69 Å². The van der Waals surface area contributed by atoms with Crippen molar-refractivity contribution in [1.29, 1.82) is 5.26 Å². The molecule has 1 amide bonds. The van der Waals surface area contributed by atoms with Gasteiger partial charge in [-0.1, -0.05) is 29.3 Å². The Kier molecular flexibility index (Phi) is 5.69. The summed E-state index contributed by atoms with van der Waals surface area (Å²) in [5.41, 5.74) is 0.837. The van der Waals surface area contributed by atoms with Crippen LogP contribution in [0.1, 0.15) is 5.56 Å². The van der Waals surface area contributed by atoms with E-state index in [4.69, 9.17) is 37.9 Å². The predicted octanol–water partition coefficient (Wildman–Crippen LogP) is 3.89. The molecular weight excluding hydrogens is 339 g/mol. The van der Waals surface area contributed by atoms with Gasteiger partial charge in [0, 0.05) is 6.07 Å². The molecule has 0 aliphatic heterocycles. The van der Waals surface area contributed by atoms with Gasteiger partial charge in [-0.25, -0.2) is 0 Å². The van der Waals surface area contributed by atoms with Crippen molar-refractivity contribution in [2.45, 2.75) is 0 Å². The number of methoxy groups -OCH3 is 1. The van der Waals surface area contributed by atoms with Crippen LogP contribution in [0.5, 0.6) is 11.5 Å². The number of halogens is 2. The number of hydrogen-bond acceptors (Lipinski definition) is 4. The Labute approximate surface area is 143 Å². The third-order valence-electron chi connectivity index (χ3n) is 2.88. The minimum Gasteiger partial charge on any atom is -0.493 e. The van der Waals surface area contributed by atoms with E-state index >= 15 is 0 Å². The number of nitrogens with one attached hydrogen (secondary N) is 1. The number of nitriles is 1. The second kappa shape index (κ2) is 7.73. The average Bonchev–Trinajstić information content (AvgIpc) is 2.57. The molecule has 0 aliphatic carbocycles. The molecule has 0 atom stereocenters. The van der Waals surface area contributed by atoms with Gasteiger partial charge in [-0.15, -0.1) is 0 Å². The smallest absolute Gasteiger partial charge is 0.262 e. The topological polar surface area (TPSA) is 71.3 Å². The van der Waals surface area contributed by atoms with Gasteiger partial charge in [0.15, 0.2) is 18.1 Å². The molecule has 0 heterocycles. The van der Waals surface area contributed by atoms with Crippen LogP contribution < -0.4 is 14.8 Å². The molecule has 0 radical (unpaired) electrons. The lowest BCUT2D eigenvalue weighted by molar-refractivity contribution is -0.118. The van der Waals surface area contributed by atoms with Gasteiger partial charge in [-0.2, -0.15) is 5.26 Å². The quantitative estimate of drug-likeness (QED) is 0.887. The van der Waals surface area contributed by atoms with Gasteiger partial charge in [-0.3, -0.25) is 4.79 Å². The summed E-state index contributed by atoms with van der Waals surface area (Å²) in [7, 11) is 1.45. The van der Waals surface area contributed by atoms with E-state index in [1.54, 1.807) is 30.3 Å². The summed E-state index contributed by atoms with van der Waals surface area (Å²) >= 11 is 11.9. The SMILES string of the molecule is COc1cc(C#N)ccc1OCC(=O)Nc1cccc(Cl)c1Cl. The van der Waals surface area contributed by atoms with Crippen molar-refractivity contribution in [3.8, 4) is 17.6 Å². The van der Waals surface area contributed by atoms with Crippen molar-refractivity contribution in [2.24, 2.45) is 0 Å². The van der Waals surface area contributed by atoms with Gasteiger partial charge in [0.05, 0.1) is 34.5 Å². The van der Waals surface area contributed by atoms with Gasteiger partial charge in [0.2, 0.25) is 0 Å². The normalized spacial score (nSPS) is 9.83. The minimum absolute atomic E-state index is 0.245. The van der Waals surface area contributed by atoms with Gasteiger partial charge in [0.25, 0.3) is 5.91 Å². The highest BCUT2D eigenvalue weighted by molar-refractivity contribution is 6.43. The third kappa shape index (κ3) is 4.28. The van der Waals surface area contributed by atoms with Crippen molar-refractivity contribution in [2.75, 3.05) is 19.0 Å². The Balaban J connectivity index is 2.02. The maximum atomic E-state index is 11.9. The number of anilines is 1. The Morgan fingerprint density at radius 2 is 2.04 bits per heavy atom. The maximum Gasteiger partial charge on any atom is 0.262 e. The summed E-state index contributed by atoms with van der Waals surface area (Å²) in [6.45, 7) is -0.245. The second-order valence-electron chi connectivity index (χ2n) is 4.42. The van der Waals surface area contributed by atoms with Crippen LogP contribution >= 0.6 is 23.2 Å². The molecule has 2 aromatic carbocycles. The Bertz CT molecular complexity index is 772. The zero-order valence-electron chi connectivity index (χ0n) is 12.1. The van der Waals surface area contributed by atoms with Crippen molar-refractivity contribution < 1.29 is 14.3 Å². The zero-order chi connectivity index (χ0) is 16.8. The molecule has 5 nitrogen and oxygen atoms in total. The molecule has 7 heteroatoms. The highest BCUT2D eigenvalue weighted by Crippen LogP contribution is 2.30. The Morgan fingerprint density at radius 1 is 1.26 bits per heavy atom. The number of rotatable bonds is 5. The van der Waals surface area contributed by atoms with Crippen LogP contribution in [0.2, 0.25) is 10.0 Å². The molecule has 23 heavy (non-hydrogen) atoms. The minimum atomic E-state index is -0.402. The molecule has 2 aromatic rings. The van der Waals surface area contributed by atoms with Crippen LogP contribution in [-0.2, 0) is 4.79 Å². The van der Waals surface area contributed by atoms with E-state index in [1.807, 2.05) is 6.07 Å². The summed E-state index contributed by atoms with van der Waals surface area (Å²) < 4.78 is 10.5. The number of ether oxygens (including phenoxy) is 2. The highest BCUT2D eigenvalue weighted by Gasteiger charge is 2.11. The molecule has 0 saturated carbocycles. The van der Waals surface area contributed by atoms with E-state index < -0.39 is 5.91 Å². The monoisotopic (exact) mass is 350 g/mol. The van der Waals surface area contributed by atoms with Gasteiger partial charge in [0.1, 0.15) is 0 Å². The molecule has 0 bridgehead atoms. The Hall–Kier alpha value is -2.42. The standard InChI is InChI=1S/C16H12Cl2N2O3/c1-22-14-7-10(8-19)5-6-13(14)23-9-15(21)20-12-4-2-3-11(17)16(12)18/h2-7H,9H2,1H3,(H,20,21). The van der Waals surface area contributed by atoms with Crippen molar-refractivity contribution >= 4 is 34.8 Å². The zero-order valence-corrected chi connectivity index (χ0v) is 13.6. The van der Waals surface area contributed by atoms with Crippen LogP contribution in [0.3, 0.4) is 0 Å². The summed E-state index contributed by atoms with van der Waals surface area (Å²) in [6, 6.07) is 11.6. The number of nitrogens with zero attached hydrogens (tertiary/aromatic N) is 1. The summed E-state index contributed by atoms with van der Waals surface area (Å²) in [4.78, 5) is 11.9. The summed E-state index contributed by atoms with van der Waals surface area (Å²) in [5.74, 6) is 0.331. The lowest BCUT2D eigenvalue weighted by atomic mass is 10.2. The maximum absolute atomic E-state index is 11.9. The molecular formula is C16H12Cl2N2O3. The molecule has 118 valence electrons. The van der Waals surface area contributed by atoms with E-state index in [9.17, 15) is 4.79 Å². The van der Waals surface area contributed by atoms with Crippen LogP contribution in [0.15, 0.2) is 36.4 Å². The van der Waals surface area contributed by atoms with E-state index in [2.05, 4.69) is 5.32 Å². The molecule has 2 rings (SSSR count). The third-order valence-corrected chi connectivity index (χ3v) is 3.70. The van der Waals surface area contributed by atoms with Gasteiger partial charge in [-0.05, 0) is 24.3 Å². The van der Waals surface area contributed by atoms with Gasteiger partial charge >= 0.3 is 0 Å². The first-order valence-electron chi connectivity index (χ1n) is 6.50. The van der Waals surface area contributed by atoms with E-state index in [0.29, 0.717) is 27.8 Å². The Morgan fingerprint density at radius 3 is 2.74 bits per heavy atom. The second-order valence-corrected chi connectivity index (χ2v) is 5.20. The lowest BCUT2D eigenvalue weighted by Gasteiger charge is -2.12. The first-order chi connectivity index (χ1) is 11.0. The lowest BCUT2D eigenvalue weighted by Crippen LogP contribution is -2.20. The number of carbonyl (C=O) groups is 1. The number of amides is 1. The first kappa shape index (κ1) is 16.9. The van der Waals surface area contributed by atoms with E-state index in [0.717, 1.165) is 0 Å². The molecule has 0 saturated heterocycles. The number of carbonyl (C=O) groups excluding carboxylic acids is 1.